The summed E-state index contributed by atoms with van der Waals surface area (Å²) in [6.07, 6.45) is -29.0. The van der Waals surface area contributed by atoms with Gasteiger partial charge in [-0.2, -0.15) is 39.5 Å². The highest BCUT2D eigenvalue weighted by molar-refractivity contribution is 5.02. The van der Waals surface area contributed by atoms with Crippen LogP contribution in [-0.4, -0.2) is 30.5 Å². The molecule has 0 unspecified atom stereocenters. The maximum atomic E-state index is 11.8. The molecule has 0 aromatic heterocycles. The molecule has 0 aliphatic carbocycles. The molecule has 0 aromatic rings. The van der Waals surface area contributed by atoms with Crippen LogP contribution in [0.3, 0.4) is 0 Å². The topological polar surface area (TPSA) is 9.23 Å². The monoisotopic (exact) mass is 304 g/mol. The maximum Gasteiger partial charge on any atom is 0.523 e. The fourth-order valence-corrected chi connectivity index (χ4v) is 0.829. The molecule has 0 aromatic carbocycles. The molecule has 0 radical (unpaired) electrons. The van der Waals surface area contributed by atoms with Gasteiger partial charge in [-0.1, -0.05) is 0 Å². The van der Waals surface area contributed by atoms with Gasteiger partial charge in [0.15, 0.2) is 0 Å². The first-order valence-corrected chi connectivity index (χ1v) is 3.43. The number of ether oxygens (including phenoxy) is 1. The van der Waals surface area contributed by atoms with Crippen molar-refractivity contribution < 1.29 is 57.4 Å². The number of hydrogen-bond donors (Lipinski definition) is 0. The smallest absolute Gasteiger partial charge is 0.258 e. The zero-order valence-electron chi connectivity index (χ0n) is 7.44. The fourth-order valence-electron chi connectivity index (χ4n) is 0.829. The van der Waals surface area contributed by atoms with E-state index in [1.165, 1.54) is 4.74 Å². The van der Waals surface area contributed by atoms with Crippen LogP contribution in [0.1, 0.15) is 0 Å². The SMILES string of the molecule is FC(F)(F)OC(C(F)(F)F)(C(F)(F)F)C(F)(F)F. The molecule has 0 atom stereocenters. The molecule has 0 spiro atoms. The summed E-state index contributed by atoms with van der Waals surface area (Å²) in [4.78, 5) is 0. The van der Waals surface area contributed by atoms with Crippen LogP contribution in [0, 0.1) is 0 Å². The first-order chi connectivity index (χ1) is 7.46. The number of rotatable bonds is 1. The number of hydrogen-bond acceptors (Lipinski definition) is 1. The Kier molecular flexibility index (Phi) is 3.86. The van der Waals surface area contributed by atoms with Crippen molar-refractivity contribution in [3.8, 4) is 0 Å². The van der Waals surface area contributed by atoms with Crippen molar-refractivity contribution in [3.05, 3.63) is 0 Å². The van der Waals surface area contributed by atoms with E-state index in [2.05, 4.69) is 0 Å². The van der Waals surface area contributed by atoms with Gasteiger partial charge in [0.2, 0.25) is 0 Å². The van der Waals surface area contributed by atoms with Crippen LogP contribution in [-0.2, 0) is 4.74 Å². The van der Waals surface area contributed by atoms with Gasteiger partial charge in [-0.25, -0.2) is 0 Å². The number of halogens is 12. The van der Waals surface area contributed by atoms with Crippen LogP contribution in [0.5, 0.6) is 0 Å². The van der Waals surface area contributed by atoms with Gasteiger partial charge >= 0.3 is 30.5 Å². The van der Waals surface area contributed by atoms with Crippen LogP contribution < -0.4 is 0 Å². The minimum absolute atomic E-state index is 1.34. The molecule has 0 bridgehead atoms. The highest BCUT2D eigenvalue weighted by atomic mass is 19.4. The van der Waals surface area contributed by atoms with Crippen molar-refractivity contribution >= 4 is 0 Å². The van der Waals surface area contributed by atoms with Gasteiger partial charge in [-0.3, -0.25) is 4.74 Å². The van der Waals surface area contributed by atoms with Gasteiger partial charge in [0.05, 0.1) is 0 Å². The summed E-state index contributed by atoms with van der Waals surface area (Å²) in [6, 6.07) is 0. The molecule has 0 rings (SSSR count). The first kappa shape index (κ1) is 17.1. The Morgan fingerprint density at radius 3 is 0.722 bits per heavy atom. The average molecular weight is 304 g/mol. The van der Waals surface area contributed by atoms with Gasteiger partial charge < -0.3 is 0 Å². The Morgan fingerprint density at radius 2 is 0.667 bits per heavy atom. The molecular formula is C5F12O. The van der Waals surface area contributed by atoms with E-state index in [1.54, 1.807) is 0 Å². The van der Waals surface area contributed by atoms with E-state index in [0.717, 1.165) is 0 Å². The van der Waals surface area contributed by atoms with E-state index in [-0.39, 0.29) is 0 Å². The summed E-state index contributed by atoms with van der Waals surface area (Å²) in [5, 5.41) is 0. The third-order valence-electron chi connectivity index (χ3n) is 1.47. The van der Waals surface area contributed by atoms with Crippen molar-refractivity contribution in [2.75, 3.05) is 0 Å². The molecule has 1 nitrogen and oxygen atoms in total. The summed E-state index contributed by atoms with van der Waals surface area (Å²) >= 11 is 0. The Morgan fingerprint density at radius 1 is 0.444 bits per heavy atom. The molecule has 110 valence electrons. The lowest BCUT2D eigenvalue weighted by Gasteiger charge is -2.38. The normalized spacial score (nSPS) is 16.0. The van der Waals surface area contributed by atoms with Crippen LogP contribution in [0.2, 0.25) is 0 Å². The van der Waals surface area contributed by atoms with Crippen molar-refractivity contribution in [3.63, 3.8) is 0 Å². The van der Waals surface area contributed by atoms with Crippen LogP contribution >= 0.6 is 0 Å². The molecule has 0 aliphatic rings. The third-order valence-corrected chi connectivity index (χ3v) is 1.47. The van der Waals surface area contributed by atoms with Gasteiger partial charge in [-0.05, 0) is 0 Å². The predicted molar refractivity (Wildman–Crippen MR) is 28.0 cm³/mol. The lowest BCUT2D eigenvalue weighted by Crippen LogP contribution is -2.69. The molecular weight excluding hydrogens is 304 g/mol. The van der Waals surface area contributed by atoms with E-state index in [9.17, 15) is 52.7 Å². The largest absolute Gasteiger partial charge is 0.523 e. The molecule has 0 amide bonds. The molecule has 0 saturated carbocycles. The molecule has 0 aliphatic heterocycles. The second-order valence-corrected chi connectivity index (χ2v) is 2.72. The van der Waals surface area contributed by atoms with Crippen LogP contribution in [0.25, 0.3) is 0 Å². The highest BCUT2D eigenvalue weighted by Crippen LogP contribution is 2.56. The Balaban J connectivity index is 6.10. The zero-order chi connectivity index (χ0) is 15.2. The van der Waals surface area contributed by atoms with Gasteiger partial charge in [0.1, 0.15) is 0 Å². The predicted octanol–water partition coefficient (Wildman–Crippen LogP) is 3.95. The average Bonchev–Trinajstić information content (AvgIpc) is 1.90. The summed E-state index contributed by atoms with van der Waals surface area (Å²) in [6.45, 7) is 0. The third kappa shape index (κ3) is 2.92. The van der Waals surface area contributed by atoms with Gasteiger partial charge in [-0.15, -0.1) is 13.2 Å². The summed E-state index contributed by atoms with van der Waals surface area (Å²) in [5.74, 6) is 0. The molecule has 0 heterocycles. The Labute approximate surface area is 89.3 Å². The summed E-state index contributed by atoms with van der Waals surface area (Å²) in [7, 11) is 0. The lowest BCUT2D eigenvalue weighted by atomic mass is 10.0. The zero-order valence-corrected chi connectivity index (χ0v) is 7.44. The van der Waals surface area contributed by atoms with Crippen molar-refractivity contribution in [2.24, 2.45) is 0 Å². The molecule has 0 N–H and O–H groups in total. The van der Waals surface area contributed by atoms with E-state index in [4.69, 9.17) is 0 Å². The van der Waals surface area contributed by atoms with Crippen LogP contribution in [0.4, 0.5) is 52.7 Å². The second kappa shape index (κ2) is 4.06. The maximum absolute atomic E-state index is 11.8. The molecule has 0 saturated heterocycles. The summed E-state index contributed by atoms with van der Waals surface area (Å²) in [5.41, 5.74) is -7.33. The first-order valence-electron chi connectivity index (χ1n) is 3.43. The Hall–Kier alpha value is -0.880. The standard InChI is InChI=1S/C5F12O/c6-2(7,8)1(3(9,10)11,4(12,13)14)18-5(15,16)17. The molecule has 0 fully saturated rings. The minimum Gasteiger partial charge on any atom is -0.258 e. The van der Waals surface area contributed by atoms with Crippen molar-refractivity contribution in [2.45, 2.75) is 30.5 Å². The van der Waals surface area contributed by atoms with E-state index >= 15 is 0 Å². The van der Waals surface area contributed by atoms with Gasteiger partial charge in [0, 0.05) is 0 Å². The van der Waals surface area contributed by atoms with E-state index in [1.807, 2.05) is 0 Å². The highest BCUT2D eigenvalue weighted by Gasteiger charge is 2.87. The quantitative estimate of drug-likeness (QED) is 0.667. The molecule has 13 heteroatoms. The van der Waals surface area contributed by atoms with Crippen LogP contribution in [0.15, 0.2) is 0 Å². The van der Waals surface area contributed by atoms with E-state index < -0.39 is 30.5 Å². The van der Waals surface area contributed by atoms with E-state index in [0.29, 0.717) is 0 Å². The van der Waals surface area contributed by atoms with Gasteiger partial charge in [0.25, 0.3) is 0 Å². The number of alkyl halides is 12. The Bertz CT molecular complexity index is 252. The second-order valence-electron chi connectivity index (χ2n) is 2.72. The lowest BCUT2D eigenvalue weighted by molar-refractivity contribution is -0.518. The van der Waals surface area contributed by atoms with Crippen molar-refractivity contribution in [1.82, 2.24) is 0 Å². The summed E-state index contributed by atoms with van der Waals surface area (Å²) < 4.78 is 142. The molecule has 18 heavy (non-hydrogen) atoms. The minimum atomic E-state index is -7.40. The fraction of sp³-hybridized carbons (Fsp3) is 1.00. The van der Waals surface area contributed by atoms with Crippen molar-refractivity contribution in [1.29, 1.82) is 0 Å².